The number of fused-ring (bicyclic) bond motifs is 1. The lowest BCUT2D eigenvalue weighted by molar-refractivity contribution is 0.585. The summed E-state index contributed by atoms with van der Waals surface area (Å²) < 4.78 is 70.2. The van der Waals surface area contributed by atoms with E-state index in [1.165, 1.54) is 4.57 Å². The predicted octanol–water partition coefficient (Wildman–Crippen LogP) is 3.04. The molecule has 0 fully saturated rings. The summed E-state index contributed by atoms with van der Waals surface area (Å²) in [5, 5.41) is 0. The Morgan fingerprint density at radius 3 is 2.44 bits per heavy atom. The quantitative estimate of drug-likeness (QED) is 0.654. The average molecular weight is 382 g/mol. The number of hydrogen-bond donors (Lipinski definition) is 0. The third kappa shape index (κ3) is 3.31. The molecule has 2 aromatic carbocycles. The van der Waals surface area contributed by atoms with Gasteiger partial charge in [0.15, 0.2) is 5.82 Å². The molecule has 25 heavy (non-hydrogen) atoms. The van der Waals surface area contributed by atoms with Crippen LogP contribution >= 0.6 is 11.3 Å². The van der Waals surface area contributed by atoms with Crippen LogP contribution in [0, 0.1) is 29.8 Å². The molecule has 1 heterocycles. The van der Waals surface area contributed by atoms with Crippen LogP contribution in [0.3, 0.4) is 0 Å². The summed E-state index contributed by atoms with van der Waals surface area (Å²) in [5.74, 6) is 0.0137. The molecule has 4 nitrogen and oxygen atoms in total. The van der Waals surface area contributed by atoms with Crippen molar-refractivity contribution in [3.8, 4) is 12.3 Å². The van der Waals surface area contributed by atoms with E-state index in [-0.39, 0.29) is 26.5 Å². The van der Waals surface area contributed by atoms with Gasteiger partial charge in [-0.05, 0) is 30.3 Å². The molecule has 0 aliphatic rings. The van der Waals surface area contributed by atoms with Crippen LogP contribution < -0.4 is 4.80 Å². The van der Waals surface area contributed by atoms with Gasteiger partial charge in [0.25, 0.3) is 10.0 Å². The third-order valence-electron chi connectivity index (χ3n) is 3.25. The number of benzene rings is 2. The van der Waals surface area contributed by atoms with Crippen molar-refractivity contribution < 1.29 is 21.6 Å². The fraction of sp³-hybridized carbons (Fsp3) is 0.0625. The first-order valence-electron chi connectivity index (χ1n) is 6.80. The third-order valence-corrected chi connectivity index (χ3v) is 5.68. The highest BCUT2D eigenvalue weighted by molar-refractivity contribution is 7.90. The summed E-state index contributed by atoms with van der Waals surface area (Å²) in [6.45, 7) is -0.152. The molecular weight excluding hydrogens is 373 g/mol. The molecule has 3 rings (SSSR count). The van der Waals surface area contributed by atoms with E-state index in [9.17, 15) is 21.6 Å². The van der Waals surface area contributed by atoms with Crippen LogP contribution in [0.4, 0.5) is 13.2 Å². The molecule has 128 valence electrons. The molecule has 0 bridgehead atoms. The molecule has 0 atom stereocenters. The monoisotopic (exact) mass is 382 g/mol. The van der Waals surface area contributed by atoms with Crippen molar-refractivity contribution in [2.45, 2.75) is 11.4 Å². The van der Waals surface area contributed by atoms with Gasteiger partial charge in [-0.25, -0.2) is 13.2 Å². The Hall–Kier alpha value is -2.57. The first-order chi connectivity index (χ1) is 11.8. The minimum Gasteiger partial charge on any atom is -0.302 e. The Kier molecular flexibility index (Phi) is 4.41. The van der Waals surface area contributed by atoms with Gasteiger partial charge in [0, 0.05) is 6.07 Å². The fourth-order valence-corrected chi connectivity index (χ4v) is 4.47. The molecule has 0 aliphatic heterocycles. The van der Waals surface area contributed by atoms with Gasteiger partial charge < -0.3 is 4.57 Å². The van der Waals surface area contributed by atoms with E-state index >= 15 is 0 Å². The second-order valence-corrected chi connectivity index (χ2v) is 7.54. The number of rotatable bonds is 3. The Morgan fingerprint density at radius 2 is 1.80 bits per heavy atom. The van der Waals surface area contributed by atoms with Crippen LogP contribution in [0.5, 0.6) is 0 Å². The van der Waals surface area contributed by atoms with Gasteiger partial charge in [0.05, 0.1) is 21.7 Å². The summed E-state index contributed by atoms with van der Waals surface area (Å²) >= 11 is 0.784. The number of halogens is 3. The summed E-state index contributed by atoms with van der Waals surface area (Å²) in [5.41, 5.74) is -0.0302. The van der Waals surface area contributed by atoms with Crippen LogP contribution in [0.15, 0.2) is 45.7 Å². The predicted molar refractivity (Wildman–Crippen MR) is 87.7 cm³/mol. The first kappa shape index (κ1) is 17.3. The van der Waals surface area contributed by atoms with E-state index in [0.717, 1.165) is 41.7 Å². The zero-order valence-corrected chi connectivity index (χ0v) is 14.0. The topological polar surface area (TPSA) is 51.4 Å². The summed E-state index contributed by atoms with van der Waals surface area (Å²) in [7, 11) is -4.18. The van der Waals surface area contributed by atoms with Crippen LogP contribution in [-0.2, 0) is 16.6 Å². The summed E-state index contributed by atoms with van der Waals surface area (Å²) in [6.07, 6.45) is 5.26. The van der Waals surface area contributed by atoms with Gasteiger partial charge in [-0.2, -0.15) is 8.42 Å². The highest BCUT2D eigenvalue weighted by Gasteiger charge is 2.17. The molecule has 0 radical (unpaired) electrons. The van der Waals surface area contributed by atoms with Crippen LogP contribution in [0.25, 0.3) is 10.2 Å². The lowest BCUT2D eigenvalue weighted by Crippen LogP contribution is -2.17. The van der Waals surface area contributed by atoms with Gasteiger partial charge in [-0.15, -0.1) is 10.8 Å². The molecule has 9 heteroatoms. The van der Waals surface area contributed by atoms with Crippen molar-refractivity contribution in [2.24, 2.45) is 4.40 Å². The van der Waals surface area contributed by atoms with Gasteiger partial charge in [-0.3, -0.25) is 0 Å². The molecule has 0 spiro atoms. The number of hydrogen-bond acceptors (Lipinski definition) is 3. The maximum absolute atomic E-state index is 14.1. The number of terminal acetylenes is 1. The number of thiazole rings is 1. The van der Waals surface area contributed by atoms with Crippen molar-refractivity contribution >= 4 is 31.6 Å². The second kappa shape index (κ2) is 6.38. The molecule has 0 N–H and O–H groups in total. The fourth-order valence-electron chi connectivity index (χ4n) is 2.20. The normalized spacial score (nSPS) is 12.5. The van der Waals surface area contributed by atoms with Crippen molar-refractivity contribution in [3.63, 3.8) is 0 Å². The van der Waals surface area contributed by atoms with Crippen LogP contribution in [0.2, 0.25) is 0 Å². The number of aromatic nitrogens is 1. The van der Waals surface area contributed by atoms with E-state index in [1.807, 2.05) is 0 Å². The number of sulfonamides is 1. The average Bonchev–Trinajstić information content (AvgIpc) is 2.85. The Labute approximate surface area is 144 Å². The van der Waals surface area contributed by atoms with E-state index < -0.39 is 27.5 Å². The van der Waals surface area contributed by atoms with Gasteiger partial charge >= 0.3 is 0 Å². The SMILES string of the molecule is C#CCn1/c(=N/S(=O)(=O)c2ccc(F)cc2)sc2cc(F)cc(F)c21. The standard InChI is InChI=1S/C16H9F3N2O2S2/c1-2-7-21-15-13(19)8-11(18)9-14(15)24-16(21)20-25(22,23)12-5-3-10(17)4-6-12/h1,3-6,8-9H,7H2/b20-16-. The Bertz CT molecular complexity index is 1170. The van der Waals surface area contributed by atoms with Gasteiger partial charge in [-0.1, -0.05) is 17.3 Å². The molecule has 1 aromatic heterocycles. The summed E-state index contributed by atoms with van der Waals surface area (Å²) in [4.78, 5) is -0.341. The van der Waals surface area contributed by atoms with Crippen LogP contribution in [0.1, 0.15) is 0 Å². The zero-order valence-electron chi connectivity index (χ0n) is 12.4. The van der Waals surface area contributed by atoms with Crippen molar-refractivity contribution in [1.82, 2.24) is 4.57 Å². The summed E-state index contributed by atoms with van der Waals surface area (Å²) in [6, 6.07) is 5.84. The maximum atomic E-state index is 14.1. The minimum atomic E-state index is -4.18. The highest BCUT2D eigenvalue weighted by Crippen LogP contribution is 2.23. The molecule has 0 unspecified atom stereocenters. The van der Waals surface area contributed by atoms with Crippen LogP contribution in [-0.4, -0.2) is 13.0 Å². The lowest BCUT2D eigenvalue weighted by atomic mass is 10.3. The Balaban J connectivity index is 2.29. The van der Waals surface area contributed by atoms with Crippen molar-refractivity contribution in [3.05, 3.63) is 58.7 Å². The molecule has 3 aromatic rings. The molecule has 0 aliphatic carbocycles. The van der Waals surface area contributed by atoms with E-state index in [4.69, 9.17) is 6.42 Å². The molecule has 0 saturated carbocycles. The van der Waals surface area contributed by atoms with E-state index in [2.05, 4.69) is 10.3 Å². The largest absolute Gasteiger partial charge is 0.302 e. The molecule has 0 amide bonds. The smallest absolute Gasteiger partial charge is 0.285 e. The van der Waals surface area contributed by atoms with Crippen molar-refractivity contribution in [1.29, 1.82) is 0 Å². The van der Waals surface area contributed by atoms with E-state index in [0.29, 0.717) is 6.07 Å². The van der Waals surface area contributed by atoms with Gasteiger partial charge in [0.2, 0.25) is 4.80 Å². The molecular formula is C16H9F3N2O2S2. The Morgan fingerprint density at radius 1 is 1.12 bits per heavy atom. The lowest BCUT2D eigenvalue weighted by Gasteiger charge is -2.02. The highest BCUT2D eigenvalue weighted by atomic mass is 32.2. The zero-order chi connectivity index (χ0) is 18.2. The first-order valence-corrected chi connectivity index (χ1v) is 9.06. The molecule has 0 saturated heterocycles. The minimum absolute atomic E-state index is 0.0302. The number of nitrogens with zero attached hydrogens (tertiary/aromatic N) is 2. The maximum Gasteiger partial charge on any atom is 0.285 e. The second-order valence-electron chi connectivity index (χ2n) is 4.93. The van der Waals surface area contributed by atoms with Gasteiger partial charge in [0.1, 0.15) is 11.6 Å². The van der Waals surface area contributed by atoms with Crippen molar-refractivity contribution in [2.75, 3.05) is 0 Å². The van der Waals surface area contributed by atoms with E-state index in [1.54, 1.807) is 0 Å².